The van der Waals surface area contributed by atoms with Gasteiger partial charge in [-0.1, -0.05) is 12.5 Å². The smallest absolute Gasteiger partial charge is 0.310 e. The van der Waals surface area contributed by atoms with E-state index in [2.05, 4.69) is 5.32 Å². The van der Waals surface area contributed by atoms with Crippen LogP contribution < -0.4 is 14.8 Å². The van der Waals surface area contributed by atoms with Gasteiger partial charge in [-0.05, 0) is 50.3 Å². The lowest BCUT2D eigenvalue weighted by molar-refractivity contribution is -0.157. The van der Waals surface area contributed by atoms with Gasteiger partial charge >= 0.3 is 5.97 Å². The van der Waals surface area contributed by atoms with Crippen molar-refractivity contribution in [3.63, 3.8) is 0 Å². The quantitative estimate of drug-likeness (QED) is 0.635. The molecule has 0 bridgehead atoms. The minimum absolute atomic E-state index is 0.0827. The van der Waals surface area contributed by atoms with Crippen molar-refractivity contribution in [2.75, 3.05) is 20.3 Å². The predicted molar refractivity (Wildman–Crippen MR) is 94.0 cm³/mol. The van der Waals surface area contributed by atoms with Crippen LogP contribution in [0.25, 0.3) is 0 Å². The summed E-state index contributed by atoms with van der Waals surface area (Å²) in [5.41, 5.74) is 0.284. The van der Waals surface area contributed by atoms with E-state index in [1.165, 1.54) is 0 Å². The minimum Gasteiger partial charge on any atom is -0.493 e. The molecule has 1 aromatic rings. The first-order valence-corrected chi connectivity index (χ1v) is 8.80. The standard InChI is InChI=1S/C19H27NO5/c1-3-25-16-12-14(7-8-15(16)24-2)6-4-11-20-17(21)13-19(18(22)23)9-5-10-19/h7-8,12H,3-6,9-11,13H2,1-2H3,(H,20,21)(H,22,23). The van der Waals surface area contributed by atoms with Crippen molar-refractivity contribution < 1.29 is 24.2 Å². The molecule has 2 N–H and O–H groups in total. The largest absolute Gasteiger partial charge is 0.493 e. The lowest BCUT2D eigenvalue weighted by Gasteiger charge is -2.36. The summed E-state index contributed by atoms with van der Waals surface area (Å²) in [7, 11) is 1.61. The maximum absolute atomic E-state index is 12.0. The van der Waals surface area contributed by atoms with Crippen molar-refractivity contribution in [2.24, 2.45) is 5.41 Å². The summed E-state index contributed by atoms with van der Waals surface area (Å²) in [5, 5.41) is 12.1. The fourth-order valence-electron chi connectivity index (χ4n) is 3.10. The van der Waals surface area contributed by atoms with Gasteiger partial charge in [0.05, 0.1) is 19.1 Å². The van der Waals surface area contributed by atoms with Crippen LogP contribution in [0, 0.1) is 5.41 Å². The van der Waals surface area contributed by atoms with Crippen LogP contribution in [-0.2, 0) is 16.0 Å². The number of carboxylic acid groups (broad SMARTS) is 1. The lowest BCUT2D eigenvalue weighted by atomic mass is 9.66. The first-order chi connectivity index (χ1) is 12.0. The van der Waals surface area contributed by atoms with Gasteiger partial charge in [0.25, 0.3) is 0 Å². The Morgan fingerprint density at radius 2 is 2.04 bits per heavy atom. The van der Waals surface area contributed by atoms with Crippen molar-refractivity contribution in [1.82, 2.24) is 5.32 Å². The number of carboxylic acids is 1. The van der Waals surface area contributed by atoms with Crippen LogP contribution in [0.4, 0.5) is 0 Å². The van der Waals surface area contributed by atoms with Gasteiger partial charge in [0.2, 0.25) is 5.91 Å². The number of aliphatic carboxylic acids is 1. The molecule has 0 aliphatic heterocycles. The summed E-state index contributed by atoms with van der Waals surface area (Å²) in [5.74, 6) is 0.403. The summed E-state index contributed by atoms with van der Waals surface area (Å²) < 4.78 is 10.8. The molecule has 25 heavy (non-hydrogen) atoms. The Balaban J connectivity index is 1.76. The molecular weight excluding hydrogens is 322 g/mol. The Labute approximate surface area is 148 Å². The molecule has 1 aromatic carbocycles. The summed E-state index contributed by atoms with van der Waals surface area (Å²) in [6.07, 6.45) is 3.75. The Morgan fingerprint density at radius 3 is 2.60 bits per heavy atom. The highest BCUT2D eigenvalue weighted by atomic mass is 16.5. The van der Waals surface area contributed by atoms with E-state index in [1.807, 2.05) is 25.1 Å². The van der Waals surface area contributed by atoms with Crippen LogP contribution in [-0.4, -0.2) is 37.2 Å². The summed E-state index contributed by atoms with van der Waals surface area (Å²) >= 11 is 0. The van der Waals surface area contributed by atoms with Crippen molar-refractivity contribution in [3.8, 4) is 11.5 Å². The summed E-state index contributed by atoms with van der Waals surface area (Å²) in [6.45, 7) is 3.03. The number of carbonyl (C=O) groups excluding carboxylic acids is 1. The zero-order valence-electron chi connectivity index (χ0n) is 15.0. The van der Waals surface area contributed by atoms with Crippen molar-refractivity contribution in [3.05, 3.63) is 23.8 Å². The normalized spacial score (nSPS) is 15.1. The molecule has 138 valence electrons. The summed E-state index contributed by atoms with van der Waals surface area (Å²) in [4.78, 5) is 23.3. The molecule has 1 saturated carbocycles. The molecule has 1 fully saturated rings. The molecule has 6 nitrogen and oxygen atoms in total. The van der Waals surface area contributed by atoms with Gasteiger partial charge in [0.15, 0.2) is 11.5 Å². The van der Waals surface area contributed by atoms with Gasteiger partial charge in [0.1, 0.15) is 0 Å². The monoisotopic (exact) mass is 349 g/mol. The molecule has 0 aromatic heterocycles. The maximum Gasteiger partial charge on any atom is 0.310 e. The number of rotatable bonds is 10. The molecule has 0 spiro atoms. The van der Waals surface area contributed by atoms with E-state index in [4.69, 9.17) is 9.47 Å². The highest BCUT2D eigenvalue weighted by Crippen LogP contribution is 2.44. The van der Waals surface area contributed by atoms with E-state index >= 15 is 0 Å². The number of carbonyl (C=O) groups is 2. The molecular formula is C19H27NO5. The van der Waals surface area contributed by atoms with Crippen LogP contribution in [0.5, 0.6) is 11.5 Å². The fourth-order valence-corrected chi connectivity index (χ4v) is 3.10. The van der Waals surface area contributed by atoms with Gasteiger partial charge < -0.3 is 19.9 Å². The average molecular weight is 349 g/mol. The van der Waals surface area contributed by atoms with Gasteiger partial charge in [-0.3, -0.25) is 9.59 Å². The van der Waals surface area contributed by atoms with Gasteiger partial charge in [-0.25, -0.2) is 0 Å². The zero-order chi connectivity index (χ0) is 18.3. The topological polar surface area (TPSA) is 84.9 Å². The van der Waals surface area contributed by atoms with E-state index in [-0.39, 0.29) is 12.3 Å². The fraction of sp³-hybridized carbons (Fsp3) is 0.579. The minimum atomic E-state index is -0.851. The maximum atomic E-state index is 12.0. The Bertz CT molecular complexity index is 610. The third kappa shape index (κ3) is 4.87. The number of benzene rings is 1. The number of aryl methyl sites for hydroxylation is 1. The first kappa shape index (κ1) is 19.1. The third-order valence-corrected chi connectivity index (χ3v) is 4.76. The van der Waals surface area contributed by atoms with E-state index in [0.717, 1.165) is 30.6 Å². The zero-order valence-corrected chi connectivity index (χ0v) is 15.0. The second kappa shape index (κ2) is 8.74. The number of methoxy groups -OCH3 is 1. The number of ether oxygens (including phenoxy) is 2. The molecule has 1 amide bonds. The Hall–Kier alpha value is -2.24. The summed E-state index contributed by atoms with van der Waals surface area (Å²) in [6, 6.07) is 5.82. The first-order valence-electron chi connectivity index (χ1n) is 8.80. The molecule has 1 aliphatic rings. The molecule has 0 atom stereocenters. The number of hydrogen-bond donors (Lipinski definition) is 2. The van der Waals surface area contributed by atoms with Crippen LogP contribution >= 0.6 is 0 Å². The predicted octanol–water partition coefficient (Wildman–Crippen LogP) is 2.79. The highest BCUT2D eigenvalue weighted by Gasteiger charge is 2.45. The molecule has 0 unspecified atom stereocenters. The van der Waals surface area contributed by atoms with Crippen molar-refractivity contribution in [2.45, 2.75) is 45.4 Å². The number of nitrogens with one attached hydrogen (secondary N) is 1. The van der Waals surface area contributed by atoms with E-state index < -0.39 is 11.4 Å². The second-order valence-corrected chi connectivity index (χ2v) is 6.49. The molecule has 1 aliphatic carbocycles. The van der Waals surface area contributed by atoms with E-state index in [9.17, 15) is 14.7 Å². The van der Waals surface area contributed by atoms with E-state index in [1.54, 1.807) is 7.11 Å². The van der Waals surface area contributed by atoms with Gasteiger partial charge in [-0.2, -0.15) is 0 Å². The second-order valence-electron chi connectivity index (χ2n) is 6.49. The van der Waals surface area contributed by atoms with E-state index in [0.29, 0.717) is 31.7 Å². The molecule has 0 heterocycles. The number of amides is 1. The average Bonchev–Trinajstić information content (AvgIpc) is 2.55. The van der Waals surface area contributed by atoms with Gasteiger partial charge in [0, 0.05) is 13.0 Å². The lowest BCUT2D eigenvalue weighted by Crippen LogP contribution is -2.42. The highest BCUT2D eigenvalue weighted by molar-refractivity contribution is 5.85. The van der Waals surface area contributed by atoms with Crippen molar-refractivity contribution >= 4 is 11.9 Å². The Kier molecular flexibility index (Phi) is 6.67. The molecule has 6 heteroatoms. The van der Waals surface area contributed by atoms with Crippen LogP contribution in [0.3, 0.4) is 0 Å². The molecule has 0 radical (unpaired) electrons. The Morgan fingerprint density at radius 1 is 1.28 bits per heavy atom. The van der Waals surface area contributed by atoms with Crippen LogP contribution in [0.2, 0.25) is 0 Å². The van der Waals surface area contributed by atoms with Crippen LogP contribution in [0.15, 0.2) is 18.2 Å². The molecule has 2 rings (SSSR count). The van der Waals surface area contributed by atoms with Crippen LogP contribution in [0.1, 0.15) is 44.6 Å². The van der Waals surface area contributed by atoms with Gasteiger partial charge in [-0.15, -0.1) is 0 Å². The SMILES string of the molecule is CCOc1cc(CCCNC(=O)CC2(C(=O)O)CCC2)ccc1OC. The third-order valence-electron chi connectivity index (χ3n) is 4.76. The van der Waals surface area contributed by atoms with Crippen molar-refractivity contribution in [1.29, 1.82) is 0 Å². The molecule has 0 saturated heterocycles. The number of hydrogen-bond acceptors (Lipinski definition) is 4.